The Morgan fingerprint density at radius 2 is 1.48 bits per heavy atom. The Balaban J connectivity index is 1.74. The van der Waals surface area contributed by atoms with Crippen molar-refractivity contribution in [3.05, 3.63) is 77.9 Å². The average molecular weight is 277 g/mol. The Bertz CT molecular complexity index is 589. The van der Waals surface area contributed by atoms with E-state index < -0.39 is 0 Å². The van der Waals surface area contributed by atoms with E-state index in [2.05, 4.69) is 67.1 Å². The SMILES string of the molecule is C=C(c1ccccc1)c1ccc(C2CCN(C)CC2)cc1. The molecule has 1 saturated heterocycles. The standard InChI is InChI=1S/C20H23N/c1-16(17-6-4-3-5-7-17)18-8-10-19(11-9-18)20-12-14-21(2)15-13-20/h3-11,20H,1,12-15H2,2H3. The third kappa shape index (κ3) is 3.25. The zero-order chi connectivity index (χ0) is 14.7. The van der Waals surface area contributed by atoms with Gasteiger partial charge in [0.05, 0.1) is 0 Å². The van der Waals surface area contributed by atoms with Crippen molar-refractivity contribution in [2.24, 2.45) is 0 Å². The van der Waals surface area contributed by atoms with Gasteiger partial charge in [-0.3, -0.25) is 0 Å². The Morgan fingerprint density at radius 1 is 0.905 bits per heavy atom. The number of benzene rings is 2. The molecule has 0 amide bonds. The molecule has 0 saturated carbocycles. The molecule has 0 aliphatic carbocycles. The van der Waals surface area contributed by atoms with Crippen LogP contribution in [0.1, 0.15) is 35.4 Å². The molecule has 0 unspecified atom stereocenters. The molecular weight excluding hydrogens is 254 g/mol. The third-order valence-electron chi connectivity index (χ3n) is 4.57. The summed E-state index contributed by atoms with van der Waals surface area (Å²) < 4.78 is 0. The molecule has 1 fully saturated rings. The fourth-order valence-corrected chi connectivity index (χ4v) is 3.10. The third-order valence-corrected chi connectivity index (χ3v) is 4.57. The molecule has 1 heterocycles. The molecule has 1 aliphatic heterocycles. The van der Waals surface area contributed by atoms with Crippen LogP contribution in [0.15, 0.2) is 61.2 Å². The first-order chi connectivity index (χ1) is 10.2. The van der Waals surface area contributed by atoms with Crippen molar-refractivity contribution < 1.29 is 0 Å². The predicted octanol–water partition coefficient (Wildman–Crippen LogP) is 4.56. The maximum atomic E-state index is 4.24. The first-order valence-corrected chi connectivity index (χ1v) is 7.77. The van der Waals surface area contributed by atoms with Gasteiger partial charge < -0.3 is 4.90 Å². The molecule has 1 nitrogen and oxygen atoms in total. The summed E-state index contributed by atoms with van der Waals surface area (Å²) in [5, 5.41) is 0. The second-order valence-corrected chi connectivity index (χ2v) is 6.04. The molecule has 2 aromatic carbocycles. The van der Waals surface area contributed by atoms with Gasteiger partial charge >= 0.3 is 0 Å². The van der Waals surface area contributed by atoms with Crippen molar-refractivity contribution in [1.82, 2.24) is 4.90 Å². The Morgan fingerprint density at radius 3 is 2.10 bits per heavy atom. The van der Waals surface area contributed by atoms with Crippen LogP contribution in [0.2, 0.25) is 0 Å². The van der Waals surface area contributed by atoms with Crippen LogP contribution in [-0.4, -0.2) is 25.0 Å². The molecule has 0 bridgehead atoms. The first-order valence-electron chi connectivity index (χ1n) is 7.77. The fourth-order valence-electron chi connectivity index (χ4n) is 3.10. The number of hydrogen-bond acceptors (Lipinski definition) is 1. The molecule has 0 atom stereocenters. The summed E-state index contributed by atoms with van der Waals surface area (Å²) in [6.07, 6.45) is 2.55. The van der Waals surface area contributed by atoms with Crippen molar-refractivity contribution in [2.45, 2.75) is 18.8 Å². The number of nitrogens with zero attached hydrogens (tertiary/aromatic N) is 1. The molecule has 2 aromatic rings. The second-order valence-electron chi connectivity index (χ2n) is 6.04. The van der Waals surface area contributed by atoms with Crippen molar-refractivity contribution in [3.8, 4) is 0 Å². The molecule has 0 spiro atoms. The van der Waals surface area contributed by atoms with Gasteiger partial charge in [0.15, 0.2) is 0 Å². The molecule has 1 heteroatoms. The quantitative estimate of drug-likeness (QED) is 0.795. The van der Waals surface area contributed by atoms with E-state index in [9.17, 15) is 0 Å². The van der Waals surface area contributed by atoms with E-state index in [0.717, 1.165) is 11.5 Å². The van der Waals surface area contributed by atoms with Gasteiger partial charge in [-0.2, -0.15) is 0 Å². The van der Waals surface area contributed by atoms with E-state index in [1.165, 1.54) is 42.6 Å². The van der Waals surface area contributed by atoms with Gasteiger partial charge in [-0.1, -0.05) is 61.2 Å². The number of hydrogen-bond donors (Lipinski definition) is 0. The number of rotatable bonds is 3. The van der Waals surface area contributed by atoms with E-state index in [-0.39, 0.29) is 0 Å². The van der Waals surface area contributed by atoms with Crippen LogP contribution in [-0.2, 0) is 0 Å². The summed E-state index contributed by atoms with van der Waals surface area (Å²) in [5.41, 5.74) is 5.00. The van der Waals surface area contributed by atoms with Gasteiger partial charge in [0.25, 0.3) is 0 Å². The molecule has 3 rings (SSSR count). The molecule has 21 heavy (non-hydrogen) atoms. The van der Waals surface area contributed by atoms with Crippen LogP contribution in [0.3, 0.4) is 0 Å². The van der Waals surface area contributed by atoms with Gasteiger partial charge in [0.1, 0.15) is 0 Å². The minimum Gasteiger partial charge on any atom is -0.306 e. The smallest absolute Gasteiger partial charge is 0.00159 e. The van der Waals surface area contributed by atoms with Crippen LogP contribution < -0.4 is 0 Å². The molecule has 0 radical (unpaired) electrons. The fraction of sp³-hybridized carbons (Fsp3) is 0.300. The highest BCUT2D eigenvalue weighted by Crippen LogP contribution is 2.29. The van der Waals surface area contributed by atoms with Gasteiger partial charge in [0.2, 0.25) is 0 Å². The highest BCUT2D eigenvalue weighted by molar-refractivity contribution is 5.78. The lowest BCUT2D eigenvalue weighted by atomic mass is 9.88. The van der Waals surface area contributed by atoms with Crippen molar-refractivity contribution in [1.29, 1.82) is 0 Å². The average Bonchev–Trinajstić information content (AvgIpc) is 2.56. The second kappa shape index (κ2) is 6.28. The van der Waals surface area contributed by atoms with Gasteiger partial charge in [0, 0.05) is 0 Å². The van der Waals surface area contributed by atoms with E-state index in [0.29, 0.717) is 0 Å². The maximum Gasteiger partial charge on any atom is -0.00159 e. The lowest BCUT2D eigenvalue weighted by Gasteiger charge is -2.29. The van der Waals surface area contributed by atoms with Crippen LogP contribution in [0.5, 0.6) is 0 Å². The minimum atomic E-state index is 0.722. The monoisotopic (exact) mass is 277 g/mol. The van der Waals surface area contributed by atoms with E-state index in [1.807, 2.05) is 6.07 Å². The highest BCUT2D eigenvalue weighted by Gasteiger charge is 2.18. The Labute approximate surface area is 127 Å². The zero-order valence-electron chi connectivity index (χ0n) is 12.8. The van der Waals surface area contributed by atoms with Gasteiger partial charge in [-0.15, -0.1) is 0 Å². The van der Waals surface area contributed by atoms with Crippen molar-refractivity contribution in [3.63, 3.8) is 0 Å². The molecule has 0 N–H and O–H groups in total. The summed E-state index contributed by atoms with van der Waals surface area (Å²) in [4.78, 5) is 2.42. The Hall–Kier alpha value is -1.86. The molecular formula is C20H23N. The summed E-state index contributed by atoms with van der Waals surface area (Å²) in [6, 6.07) is 19.4. The summed E-state index contributed by atoms with van der Waals surface area (Å²) in [6.45, 7) is 6.66. The van der Waals surface area contributed by atoms with Gasteiger partial charge in [-0.05, 0) is 61.2 Å². The molecule has 0 aromatic heterocycles. The van der Waals surface area contributed by atoms with Gasteiger partial charge in [-0.25, -0.2) is 0 Å². The zero-order valence-corrected chi connectivity index (χ0v) is 12.8. The normalized spacial score (nSPS) is 16.8. The van der Waals surface area contributed by atoms with E-state index in [1.54, 1.807) is 0 Å². The summed E-state index contributed by atoms with van der Waals surface area (Å²) in [7, 11) is 2.21. The van der Waals surface area contributed by atoms with Crippen LogP contribution in [0, 0.1) is 0 Å². The lowest BCUT2D eigenvalue weighted by molar-refractivity contribution is 0.255. The maximum absolute atomic E-state index is 4.24. The van der Waals surface area contributed by atoms with Crippen LogP contribution >= 0.6 is 0 Å². The largest absolute Gasteiger partial charge is 0.306 e. The van der Waals surface area contributed by atoms with Crippen LogP contribution in [0.4, 0.5) is 0 Å². The van der Waals surface area contributed by atoms with Crippen molar-refractivity contribution in [2.75, 3.05) is 20.1 Å². The lowest BCUT2D eigenvalue weighted by Crippen LogP contribution is -2.29. The summed E-state index contributed by atoms with van der Waals surface area (Å²) >= 11 is 0. The summed E-state index contributed by atoms with van der Waals surface area (Å²) in [5.74, 6) is 0.722. The molecule has 1 aliphatic rings. The molecule has 108 valence electrons. The topological polar surface area (TPSA) is 3.24 Å². The van der Waals surface area contributed by atoms with Crippen LogP contribution in [0.25, 0.3) is 5.57 Å². The number of piperidine rings is 1. The number of likely N-dealkylation sites (tertiary alicyclic amines) is 1. The van der Waals surface area contributed by atoms with Crippen molar-refractivity contribution >= 4 is 5.57 Å². The predicted molar refractivity (Wildman–Crippen MR) is 90.5 cm³/mol. The Kier molecular flexibility index (Phi) is 4.21. The highest BCUT2D eigenvalue weighted by atomic mass is 15.1. The van der Waals surface area contributed by atoms with E-state index in [4.69, 9.17) is 0 Å². The van der Waals surface area contributed by atoms with E-state index >= 15 is 0 Å². The minimum absolute atomic E-state index is 0.722. The first kappa shape index (κ1) is 14.1.